The maximum Gasteiger partial charge on any atom is 0.265 e. The zero-order valence-corrected chi connectivity index (χ0v) is 11.7. The van der Waals surface area contributed by atoms with Gasteiger partial charge in [-0.15, -0.1) is 0 Å². The molecular weight excluding hydrogens is 265 g/mol. The van der Waals surface area contributed by atoms with Gasteiger partial charge in [-0.1, -0.05) is 0 Å². The van der Waals surface area contributed by atoms with Gasteiger partial charge in [-0.2, -0.15) is 11.8 Å². The van der Waals surface area contributed by atoms with Gasteiger partial charge in [-0.3, -0.25) is 15.1 Å². The molecule has 1 heterocycles. The first-order valence-electron chi connectivity index (χ1n) is 6.23. The van der Waals surface area contributed by atoms with Crippen molar-refractivity contribution in [2.45, 2.75) is 19.5 Å². The third-order valence-corrected chi connectivity index (χ3v) is 4.51. The second-order valence-corrected chi connectivity index (χ2v) is 5.82. The van der Waals surface area contributed by atoms with Gasteiger partial charge in [0.25, 0.3) is 5.91 Å². The quantitative estimate of drug-likeness (QED) is 0.500. The molecule has 104 valence electrons. The zero-order valence-electron chi connectivity index (χ0n) is 10.9. The summed E-state index contributed by atoms with van der Waals surface area (Å²) in [5.41, 5.74) is 2.99. The molecule has 0 aromatic heterocycles. The number of carbonyl (C=O) groups is 1. The lowest BCUT2D eigenvalue weighted by atomic mass is 10.1. The molecule has 1 aromatic rings. The van der Waals surface area contributed by atoms with E-state index in [-0.39, 0.29) is 5.82 Å². The molecule has 3 N–H and O–H groups in total. The van der Waals surface area contributed by atoms with Crippen LogP contribution in [-0.2, 0) is 6.54 Å². The van der Waals surface area contributed by atoms with Crippen molar-refractivity contribution in [1.29, 1.82) is 0 Å². The van der Waals surface area contributed by atoms with Crippen LogP contribution in [0.3, 0.4) is 0 Å². The summed E-state index contributed by atoms with van der Waals surface area (Å²) >= 11 is 1.92. The first-order chi connectivity index (χ1) is 9.11. The molecule has 0 spiro atoms. The van der Waals surface area contributed by atoms with E-state index in [9.17, 15) is 9.18 Å². The van der Waals surface area contributed by atoms with Gasteiger partial charge in [0.2, 0.25) is 0 Å². The second kappa shape index (κ2) is 6.36. The Hall–Kier alpha value is -1.11. The van der Waals surface area contributed by atoms with Gasteiger partial charge in [0.05, 0.1) is 0 Å². The van der Waals surface area contributed by atoms with Crippen LogP contribution in [0.1, 0.15) is 22.8 Å². The maximum atomic E-state index is 13.8. The van der Waals surface area contributed by atoms with Crippen molar-refractivity contribution in [3.05, 3.63) is 35.1 Å². The fourth-order valence-corrected chi connectivity index (χ4v) is 3.22. The van der Waals surface area contributed by atoms with E-state index in [1.54, 1.807) is 6.07 Å². The predicted molar refractivity (Wildman–Crippen MR) is 75.3 cm³/mol. The van der Waals surface area contributed by atoms with Crippen LogP contribution in [0.15, 0.2) is 18.2 Å². The Bertz CT molecular complexity index is 469. The maximum absolute atomic E-state index is 13.8. The molecule has 1 saturated heterocycles. The van der Waals surface area contributed by atoms with Crippen molar-refractivity contribution in [2.24, 2.45) is 5.84 Å². The summed E-state index contributed by atoms with van der Waals surface area (Å²) in [6.45, 7) is 3.61. The topological polar surface area (TPSA) is 58.4 Å². The van der Waals surface area contributed by atoms with Gasteiger partial charge in [-0.25, -0.2) is 10.2 Å². The van der Waals surface area contributed by atoms with Crippen LogP contribution in [0.4, 0.5) is 4.39 Å². The minimum atomic E-state index is -0.400. The molecule has 1 atom stereocenters. The average molecular weight is 283 g/mol. The number of nitrogens with two attached hydrogens (primary N) is 1. The van der Waals surface area contributed by atoms with Crippen molar-refractivity contribution in [3.8, 4) is 0 Å². The molecule has 2 rings (SSSR count). The highest BCUT2D eigenvalue weighted by atomic mass is 32.2. The molecule has 19 heavy (non-hydrogen) atoms. The molecule has 6 heteroatoms. The lowest BCUT2D eigenvalue weighted by molar-refractivity contribution is 0.0953. The molecule has 1 unspecified atom stereocenters. The lowest BCUT2D eigenvalue weighted by Crippen LogP contribution is -2.40. The molecule has 1 aliphatic heterocycles. The summed E-state index contributed by atoms with van der Waals surface area (Å²) in [4.78, 5) is 13.7. The van der Waals surface area contributed by atoms with Gasteiger partial charge in [0.15, 0.2) is 0 Å². The number of nitrogens with one attached hydrogen (secondary N) is 1. The van der Waals surface area contributed by atoms with Gasteiger partial charge in [0.1, 0.15) is 5.82 Å². The molecule has 0 aliphatic carbocycles. The molecule has 1 amide bonds. The highest BCUT2D eigenvalue weighted by Gasteiger charge is 2.20. The van der Waals surface area contributed by atoms with Gasteiger partial charge in [0, 0.05) is 41.8 Å². The van der Waals surface area contributed by atoms with Crippen LogP contribution in [0.2, 0.25) is 0 Å². The Morgan fingerprint density at radius 3 is 3.11 bits per heavy atom. The number of nitrogen functional groups attached to an aromatic ring is 1. The predicted octanol–water partition coefficient (Wildman–Crippen LogP) is 1.37. The summed E-state index contributed by atoms with van der Waals surface area (Å²) in [7, 11) is 0. The first-order valence-corrected chi connectivity index (χ1v) is 7.38. The van der Waals surface area contributed by atoms with E-state index in [1.165, 1.54) is 12.1 Å². The third kappa shape index (κ3) is 3.46. The number of nitrogens with zero attached hydrogens (tertiary/aromatic N) is 1. The number of halogens is 1. The van der Waals surface area contributed by atoms with Crippen LogP contribution in [-0.4, -0.2) is 34.9 Å². The number of rotatable bonds is 3. The minimum absolute atomic E-state index is 0.279. The van der Waals surface area contributed by atoms with Crippen LogP contribution in [0, 0.1) is 5.82 Å². The van der Waals surface area contributed by atoms with E-state index >= 15 is 0 Å². The van der Waals surface area contributed by atoms with E-state index in [2.05, 4.69) is 17.2 Å². The zero-order chi connectivity index (χ0) is 13.8. The molecule has 1 aliphatic rings. The minimum Gasteiger partial charge on any atom is -0.295 e. The van der Waals surface area contributed by atoms with Crippen LogP contribution in [0.25, 0.3) is 0 Å². The summed E-state index contributed by atoms with van der Waals surface area (Å²) in [5, 5.41) is 0. The van der Waals surface area contributed by atoms with Crippen molar-refractivity contribution in [2.75, 3.05) is 18.1 Å². The van der Waals surface area contributed by atoms with Crippen LogP contribution < -0.4 is 11.3 Å². The molecule has 1 fully saturated rings. The van der Waals surface area contributed by atoms with Gasteiger partial charge in [-0.05, 0) is 25.1 Å². The lowest BCUT2D eigenvalue weighted by Gasteiger charge is -2.33. The standard InChI is InChI=1S/C13H18FN3OS/c1-9-8-19-5-4-17(9)7-11-6-10(13(18)16-15)2-3-12(11)14/h2-3,6,9H,4-5,7-8,15H2,1H3,(H,16,18). The Morgan fingerprint density at radius 2 is 2.42 bits per heavy atom. The monoisotopic (exact) mass is 283 g/mol. The number of benzene rings is 1. The Morgan fingerprint density at radius 1 is 1.63 bits per heavy atom. The number of hydrazine groups is 1. The van der Waals surface area contributed by atoms with Crippen LogP contribution >= 0.6 is 11.8 Å². The SMILES string of the molecule is CC1CSCCN1Cc1cc(C(=O)NN)ccc1F. The molecule has 4 nitrogen and oxygen atoms in total. The largest absolute Gasteiger partial charge is 0.295 e. The molecule has 0 bridgehead atoms. The molecule has 1 aromatic carbocycles. The van der Waals surface area contributed by atoms with E-state index < -0.39 is 5.91 Å². The Kier molecular flexibility index (Phi) is 4.79. The summed E-state index contributed by atoms with van der Waals surface area (Å²) in [5.74, 6) is 6.54. The third-order valence-electron chi connectivity index (χ3n) is 3.32. The van der Waals surface area contributed by atoms with Crippen molar-refractivity contribution in [3.63, 3.8) is 0 Å². The summed E-state index contributed by atoms with van der Waals surface area (Å²) in [6.07, 6.45) is 0. The van der Waals surface area contributed by atoms with Gasteiger partial charge >= 0.3 is 0 Å². The number of carbonyl (C=O) groups excluding carboxylic acids is 1. The van der Waals surface area contributed by atoms with E-state index in [1.807, 2.05) is 11.8 Å². The Balaban J connectivity index is 2.16. The normalized spacial score (nSPS) is 20.3. The highest BCUT2D eigenvalue weighted by molar-refractivity contribution is 7.99. The second-order valence-electron chi connectivity index (χ2n) is 4.67. The van der Waals surface area contributed by atoms with Crippen LogP contribution in [0.5, 0.6) is 0 Å². The number of hydrogen-bond acceptors (Lipinski definition) is 4. The molecule has 0 saturated carbocycles. The highest BCUT2D eigenvalue weighted by Crippen LogP contribution is 2.20. The average Bonchev–Trinajstić information content (AvgIpc) is 2.42. The number of hydrogen-bond donors (Lipinski definition) is 2. The van der Waals surface area contributed by atoms with Crippen molar-refractivity contribution >= 4 is 17.7 Å². The number of thioether (sulfide) groups is 1. The first kappa shape index (κ1) is 14.3. The number of amides is 1. The fraction of sp³-hybridized carbons (Fsp3) is 0.462. The summed E-state index contributed by atoms with van der Waals surface area (Å²) in [6, 6.07) is 4.76. The van der Waals surface area contributed by atoms with E-state index in [4.69, 9.17) is 5.84 Å². The molecular formula is C13H18FN3OS. The van der Waals surface area contributed by atoms with Crippen molar-refractivity contribution in [1.82, 2.24) is 10.3 Å². The van der Waals surface area contributed by atoms with Crippen molar-refractivity contribution < 1.29 is 9.18 Å². The van der Waals surface area contributed by atoms with Gasteiger partial charge < -0.3 is 0 Å². The van der Waals surface area contributed by atoms with E-state index in [0.717, 1.165) is 18.1 Å². The fourth-order valence-electron chi connectivity index (χ4n) is 2.14. The smallest absolute Gasteiger partial charge is 0.265 e. The molecule has 0 radical (unpaired) electrons. The summed E-state index contributed by atoms with van der Waals surface area (Å²) < 4.78 is 13.8. The van der Waals surface area contributed by atoms with E-state index in [0.29, 0.717) is 23.7 Å². The Labute approximate surface area is 116 Å².